The highest BCUT2D eigenvalue weighted by Gasteiger charge is 2.66. The Kier molecular flexibility index (Phi) is 7.13. The third-order valence-corrected chi connectivity index (χ3v) is 7.64. The van der Waals surface area contributed by atoms with Crippen molar-refractivity contribution in [2.75, 3.05) is 27.6 Å². The largest absolute Gasteiger partial charge is 0.505 e. The second-order valence-electron chi connectivity index (χ2n) is 9.12. The molecule has 0 bridgehead atoms. The highest BCUT2D eigenvalue weighted by Crippen LogP contribution is 2.61. The third kappa shape index (κ3) is 4.04. The molecule has 8 heteroatoms. The average molecular weight is 446 g/mol. The maximum absolute atomic E-state index is 11.2. The monoisotopic (exact) mass is 445 g/mol. The number of allylic oxidation sites excluding steroid dienone is 1. The van der Waals surface area contributed by atoms with Crippen LogP contribution >= 0.6 is 0 Å². The lowest BCUT2D eigenvalue weighted by molar-refractivity contribution is -0.298. The summed E-state index contributed by atoms with van der Waals surface area (Å²) in [6.07, 6.45) is 0.739. The molecular weight excluding hydrogens is 412 g/mol. The number of diazo groups is 1. The van der Waals surface area contributed by atoms with Gasteiger partial charge in [0.1, 0.15) is 6.79 Å². The standard InChI is InChI=1S/C24H32N2O6/c1-15-17-10-22(29-3)32-21-11-19(26-25)23(27)18(9-20(15)31-14-28-2)24(17,21)13-30-12-16-7-5-4-6-8-16/h4-8,15,17-18,20-22H,9-14H2,1-3H3/p+1/t15-,17+,18-,20-,21-,22+,24+/m1/s1. The van der Waals surface area contributed by atoms with E-state index in [-0.39, 0.29) is 54.5 Å². The molecular formula is C24H33N2O6+. The number of nitrogens with zero attached hydrogens (tertiary/aromatic N) is 2. The van der Waals surface area contributed by atoms with Gasteiger partial charge in [-0.2, -0.15) is 0 Å². The highest BCUT2D eigenvalue weighted by atomic mass is 16.7. The van der Waals surface area contributed by atoms with Crippen LogP contribution < -0.4 is 0 Å². The van der Waals surface area contributed by atoms with Gasteiger partial charge in [0.2, 0.25) is 5.39 Å². The van der Waals surface area contributed by atoms with E-state index in [1.165, 1.54) is 0 Å². The van der Waals surface area contributed by atoms with Crippen LogP contribution in [0.15, 0.2) is 41.8 Å². The number of methoxy groups -OCH3 is 2. The summed E-state index contributed by atoms with van der Waals surface area (Å²) in [5, 5.41) is 20.7. The summed E-state index contributed by atoms with van der Waals surface area (Å²) < 4.78 is 29.4. The number of hydrogen-bond donors (Lipinski definition) is 1. The van der Waals surface area contributed by atoms with Gasteiger partial charge in [-0.15, -0.1) is 0 Å². The summed E-state index contributed by atoms with van der Waals surface area (Å²) in [6.45, 7) is 3.26. The smallest absolute Gasteiger partial charge is 0.401 e. The van der Waals surface area contributed by atoms with Gasteiger partial charge < -0.3 is 28.8 Å². The van der Waals surface area contributed by atoms with E-state index in [1.807, 2.05) is 30.3 Å². The molecule has 2 fully saturated rings. The van der Waals surface area contributed by atoms with Crippen LogP contribution in [0.25, 0.3) is 4.98 Å². The van der Waals surface area contributed by atoms with Gasteiger partial charge in [-0.3, -0.25) is 0 Å². The lowest BCUT2D eigenvalue weighted by Gasteiger charge is -2.60. The fraction of sp³-hybridized carbons (Fsp3) is 0.667. The molecule has 1 aromatic carbocycles. The van der Waals surface area contributed by atoms with Crippen LogP contribution in [-0.2, 0) is 30.3 Å². The maximum atomic E-state index is 11.2. The van der Waals surface area contributed by atoms with Gasteiger partial charge in [0.25, 0.3) is 0 Å². The van der Waals surface area contributed by atoms with E-state index in [4.69, 9.17) is 23.7 Å². The Morgan fingerprint density at radius 3 is 2.69 bits per heavy atom. The van der Waals surface area contributed by atoms with Crippen LogP contribution in [0.3, 0.4) is 0 Å². The molecule has 0 amide bonds. The van der Waals surface area contributed by atoms with E-state index in [9.17, 15) is 10.5 Å². The van der Waals surface area contributed by atoms with Crippen molar-refractivity contribution < 1.29 is 28.8 Å². The van der Waals surface area contributed by atoms with Crippen molar-refractivity contribution in [2.45, 2.75) is 51.3 Å². The Morgan fingerprint density at radius 1 is 1.22 bits per heavy atom. The second-order valence-corrected chi connectivity index (χ2v) is 9.12. The predicted molar refractivity (Wildman–Crippen MR) is 116 cm³/mol. The molecule has 32 heavy (non-hydrogen) atoms. The van der Waals surface area contributed by atoms with Gasteiger partial charge in [-0.05, 0) is 23.8 Å². The van der Waals surface area contributed by atoms with E-state index in [0.717, 1.165) is 5.56 Å². The van der Waals surface area contributed by atoms with E-state index in [2.05, 4.69) is 11.9 Å². The summed E-state index contributed by atoms with van der Waals surface area (Å²) in [7, 11) is 3.24. The fourth-order valence-electron chi connectivity index (χ4n) is 6.07. The maximum Gasteiger partial charge on any atom is 0.401 e. The van der Waals surface area contributed by atoms with Crippen LogP contribution in [-0.4, -0.2) is 51.2 Å². The molecule has 1 saturated heterocycles. The average Bonchev–Trinajstić information content (AvgIpc) is 2.82. The van der Waals surface area contributed by atoms with Gasteiger partial charge in [0.05, 0.1) is 31.8 Å². The Bertz CT molecular complexity index is 856. The Morgan fingerprint density at radius 2 is 2.00 bits per heavy atom. The van der Waals surface area contributed by atoms with E-state index in [1.54, 1.807) is 14.2 Å². The molecule has 0 unspecified atom stereocenters. The zero-order chi connectivity index (χ0) is 22.7. The van der Waals surface area contributed by atoms with Crippen molar-refractivity contribution in [2.24, 2.45) is 23.2 Å². The fourth-order valence-corrected chi connectivity index (χ4v) is 6.07. The van der Waals surface area contributed by atoms with Crippen molar-refractivity contribution in [1.82, 2.24) is 0 Å². The molecule has 1 aliphatic heterocycles. The summed E-state index contributed by atoms with van der Waals surface area (Å²) in [5.41, 5.74) is 0.872. The van der Waals surface area contributed by atoms with Crippen molar-refractivity contribution in [1.29, 1.82) is 5.39 Å². The molecule has 0 aromatic heterocycles. The molecule has 1 heterocycles. The summed E-state index contributed by atoms with van der Waals surface area (Å²) in [6, 6.07) is 10.0. The molecule has 1 aromatic rings. The van der Waals surface area contributed by atoms with Crippen molar-refractivity contribution in [3.63, 3.8) is 0 Å². The van der Waals surface area contributed by atoms with E-state index < -0.39 is 5.41 Å². The zero-order valence-corrected chi connectivity index (χ0v) is 19.0. The molecule has 0 radical (unpaired) electrons. The molecule has 0 spiro atoms. The topological polar surface area (TPSA) is 94.5 Å². The molecule has 8 nitrogen and oxygen atoms in total. The summed E-state index contributed by atoms with van der Waals surface area (Å²) in [4.78, 5) is 3.39. The van der Waals surface area contributed by atoms with Crippen molar-refractivity contribution in [3.05, 3.63) is 52.3 Å². The Balaban J connectivity index is 1.69. The van der Waals surface area contributed by atoms with E-state index >= 15 is 0 Å². The quantitative estimate of drug-likeness (QED) is 0.472. The molecule has 1 saturated carbocycles. The Hall–Kier alpha value is -2.02. The van der Waals surface area contributed by atoms with Crippen molar-refractivity contribution in [3.8, 4) is 0 Å². The van der Waals surface area contributed by atoms with Crippen LogP contribution in [0.4, 0.5) is 0 Å². The molecule has 7 atom stereocenters. The first-order valence-corrected chi connectivity index (χ1v) is 11.2. The van der Waals surface area contributed by atoms with Crippen molar-refractivity contribution >= 4 is 0 Å². The van der Waals surface area contributed by atoms with Gasteiger partial charge >= 0.3 is 5.70 Å². The number of rotatable bonds is 8. The molecule has 2 aliphatic carbocycles. The highest BCUT2D eigenvalue weighted by molar-refractivity contribution is 5.29. The van der Waals surface area contributed by atoms with E-state index in [0.29, 0.717) is 32.5 Å². The number of hydrogen-bond acceptors (Lipinski definition) is 7. The van der Waals surface area contributed by atoms with Gasteiger partial charge in [-0.1, -0.05) is 37.3 Å². The predicted octanol–water partition coefficient (Wildman–Crippen LogP) is 4.24. The zero-order valence-electron chi connectivity index (χ0n) is 19.0. The van der Waals surface area contributed by atoms with Gasteiger partial charge in [-0.25, -0.2) is 0 Å². The number of benzene rings is 1. The number of ether oxygens (including phenoxy) is 5. The molecule has 1 N–H and O–H groups in total. The minimum absolute atomic E-state index is 0.106. The minimum Gasteiger partial charge on any atom is -0.505 e. The molecule has 4 rings (SSSR count). The normalized spacial score (nSPS) is 36.4. The third-order valence-electron chi connectivity index (χ3n) is 7.64. The first-order valence-electron chi connectivity index (χ1n) is 11.2. The minimum atomic E-state index is -0.478. The first-order chi connectivity index (χ1) is 15.5. The van der Waals surface area contributed by atoms with Crippen LogP contribution in [0.1, 0.15) is 31.7 Å². The number of aliphatic hydroxyl groups is 1. The summed E-state index contributed by atoms with van der Waals surface area (Å²) in [5.74, 6) is 0.0781. The van der Waals surface area contributed by atoms with Gasteiger partial charge in [0, 0.05) is 32.0 Å². The molecule has 3 aliphatic rings. The lowest BCUT2D eigenvalue weighted by Crippen LogP contribution is -2.65. The first kappa shape index (κ1) is 23.1. The molecule has 174 valence electrons. The summed E-state index contributed by atoms with van der Waals surface area (Å²) >= 11 is 0. The van der Waals surface area contributed by atoms with Gasteiger partial charge in [0.15, 0.2) is 17.0 Å². The SMILES string of the molecule is COCO[C@@H]1C[C@@H]2C(O)=C([N+]#N)C[C@H]3O[C@H](OC)C[C@@H]([C@H]1C)[C@@]23COCc1ccccc1. The number of aliphatic hydroxyl groups excluding tert-OH is 1. The van der Waals surface area contributed by atoms with Crippen LogP contribution in [0.5, 0.6) is 0 Å². The second kappa shape index (κ2) is 9.86. The van der Waals surface area contributed by atoms with Crippen LogP contribution in [0, 0.1) is 28.6 Å². The van der Waals surface area contributed by atoms with Crippen LogP contribution in [0.2, 0.25) is 0 Å². The lowest BCUT2D eigenvalue weighted by atomic mass is 9.49. The Labute approximate surface area is 189 Å².